The fraction of sp³-hybridized carbons (Fsp3) is 0.250. The lowest BCUT2D eigenvalue weighted by Gasteiger charge is -2.33. The Morgan fingerprint density at radius 3 is 2.38 bits per heavy atom. The third-order valence-corrected chi connectivity index (χ3v) is 8.00. The second kappa shape index (κ2) is 10.9. The molecule has 0 spiro atoms. The van der Waals surface area contributed by atoms with E-state index in [4.69, 9.17) is 21.4 Å². The third-order valence-electron chi connectivity index (χ3n) is 8.00. The first kappa shape index (κ1) is 25.7. The maximum atomic E-state index is 11.5. The Morgan fingerprint density at radius 1 is 0.925 bits per heavy atom. The van der Waals surface area contributed by atoms with Crippen LogP contribution >= 0.6 is 0 Å². The highest BCUT2D eigenvalue weighted by Crippen LogP contribution is 2.32. The van der Waals surface area contributed by atoms with Crippen LogP contribution in [0.2, 0.25) is 0 Å². The van der Waals surface area contributed by atoms with Gasteiger partial charge < -0.3 is 11.5 Å². The first-order valence-corrected chi connectivity index (χ1v) is 13.7. The summed E-state index contributed by atoms with van der Waals surface area (Å²) in [7, 11) is 2.16. The molecule has 8 heteroatoms. The zero-order valence-corrected chi connectivity index (χ0v) is 22.6. The number of primary amides is 1. The van der Waals surface area contributed by atoms with Crippen molar-refractivity contribution in [3.8, 4) is 28.3 Å². The van der Waals surface area contributed by atoms with Crippen molar-refractivity contribution in [2.45, 2.75) is 38.3 Å². The zero-order chi connectivity index (χ0) is 27.6. The van der Waals surface area contributed by atoms with E-state index in [0.29, 0.717) is 17.7 Å². The zero-order valence-electron chi connectivity index (χ0n) is 22.6. The molecule has 1 aliphatic carbocycles. The molecule has 6 rings (SSSR count). The maximum Gasteiger partial charge on any atom is 0.220 e. The van der Waals surface area contributed by atoms with E-state index >= 15 is 0 Å². The molecule has 1 fully saturated rings. The van der Waals surface area contributed by atoms with E-state index in [1.54, 1.807) is 6.20 Å². The molecule has 202 valence electrons. The number of hydrogen-bond donors (Lipinski definition) is 2. The van der Waals surface area contributed by atoms with Gasteiger partial charge in [0.2, 0.25) is 5.91 Å². The average molecular weight is 532 g/mol. The minimum absolute atomic E-state index is 0.0213. The highest BCUT2D eigenvalue weighted by Gasteiger charge is 2.27. The fourth-order valence-electron chi connectivity index (χ4n) is 5.73. The molecule has 1 amide bonds. The van der Waals surface area contributed by atoms with Crippen molar-refractivity contribution in [1.82, 2.24) is 24.4 Å². The van der Waals surface area contributed by atoms with Gasteiger partial charge in [-0.1, -0.05) is 42.5 Å². The van der Waals surface area contributed by atoms with E-state index in [1.807, 2.05) is 42.5 Å². The molecule has 0 unspecified atom stereocenters. The van der Waals surface area contributed by atoms with Gasteiger partial charge in [-0.3, -0.25) is 14.3 Å². The van der Waals surface area contributed by atoms with E-state index in [2.05, 4.69) is 57.9 Å². The minimum atomic E-state index is -0.165. The van der Waals surface area contributed by atoms with Crippen LogP contribution in [-0.2, 0) is 11.3 Å². The molecule has 0 atom stereocenters. The number of amides is 1. The van der Waals surface area contributed by atoms with Crippen molar-refractivity contribution < 1.29 is 4.79 Å². The summed E-state index contributed by atoms with van der Waals surface area (Å²) in [6, 6.07) is 26.9. The maximum absolute atomic E-state index is 11.5. The number of carbonyl (C=O) groups is 1. The lowest BCUT2D eigenvalue weighted by atomic mass is 9.85. The highest BCUT2D eigenvalue weighted by atomic mass is 16.1. The predicted molar refractivity (Wildman–Crippen MR) is 158 cm³/mol. The first-order valence-electron chi connectivity index (χ1n) is 13.7. The highest BCUT2D eigenvalue weighted by molar-refractivity contribution is 5.84. The van der Waals surface area contributed by atoms with Crippen molar-refractivity contribution in [3.05, 3.63) is 90.6 Å². The number of nitrogens with two attached hydrogens (primary N) is 2. The monoisotopic (exact) mass is 531 g/mol. The smallest absolute Gasteiger partial charge is 0.220 e. The van der Waals surface area contributed by atoms with Gasteiger partial charge in [-0.05, 0) is 74.7 Å². The van der Waals surface area contributed by atoms with Crippen LogP contribution in [0.5, 0.6) is 0 Å². The molecule has 40 heavy (non-hydrogen) atoms. The Morgan fingerprint density at radius 2 is 1.68 bits per heavy atom. The van der Waals surface area contributed by atoms with Crippen LogP contribution in [0.15, 0.2) is 85.1 Å². The second-order valence-corrected chi connectivity index (χ2v) is 10.6. The lowest BCUT2D eigenvalue weighted by Crippen LogP contribution is -2.37. The van der Waals surface area contributed by atoms with E-state index in [9.17, 15) is 4.79 Å². The number of hydrogen-bond acceptors (Lipinski definition) is 6. The van der Waals surface area contributed by atoms with Crippen molar-refractivity contribution >= 4 is 22.9 Å². The Labute approximate surface area is 233 Å². The third kappa shape index (κ3) is 5.05. The minimum Gasteiger partial charge on any atom is -0.383 e. The van der Waals surface area contributed by atoms with E-state index in [0.717, 1.165) is 65.9 Å². The van der Waals surface area contributed by atoms with Crippen LogP contribution in [0.25, 0.3) is 39.5 Å². The Kier molecular flexibility index (Phi) is 7.00. The fourth-order valence-corrected chi connectivity index (χ4v) is 5.73. The summed E-state index contributed by atoms with van der Waals surface area (Å²) in [6.45, 7) is 0.829. The van der Waals surface area contributed by atoms with Gasteiger partial charge in [0.15, 0.2) is 11.5 Å². The standard InChI is InChI=1S/C32H33N7O/c1-38(24-15-11-23(12-16-24)30(34)40)20-21-9-13-25(14-10-21)39-31(26-8-5-19-35-29(26)33)37-28-18-17-27(36-32(28)39)22-6-3-2-4-7-22/h2-10,13-14,17-19,23-24H,11-12,15-16,20H2,1H3,(H2,33,35)(H2,34,40)/t23-,24-. The number of nitrogen functional groups attached to an aromatic ring is 1. The van der Waals surface area contributed by atoms with Gasteiger partial charge in [-0.25, -0.2) is 15.0 Å². The predicted octanol–water partition coefficient (Wildman–Crippen LogP) is 5.21. The Hall–Kier alpha value is -4.56. The molecule has 0 saturated heterocycles. The van der Waals surface area contributed by atoms with Crippen molar-refractivity contribution in [1.29, 1.82) is 0 Å². The molecule has 8 nitrogen and oxygen atoms in total. The van der Waals surface area contributed by atoms with Gasteiger partial charge in [0.1, 0.15) is 11.3 Å². The van der Waals surface area contributed by atoms with Crippen molar-refractivity contribution in [2.75, 3.05) is 12.8 Å². The summed E-state index contributed by atoms with van der Waals surface area (Å²) >= 11 is 0. The SMILES string of the molecule is CN(Cc1ccc(-n2c(-c3cccnc3N)nc3ccc(-c4ccccc4)nc32)cc1)[C@H]1CC[C@H](C(N)=O)CC1. The summed E-state index contributed by atoms with van der Waals surface area (Å²) in [5.74, 6) is 0.982. The van der Waals surface area contributed by atoms with Crippen molar-refractivity contribution in [2.24, 2.45) is 11.7 Å². The van der Waals surface area contributed by atoms with E-state index in [-0.39, 0.29) is 11.8 Å². The summed E-state index contributed by atoms with van der Waals surface area (Å²) in [4.78, 5) is 28.2. The number of pyridine rings is 2. The number of carbonyl (C=O) groups excluding carboxylic acids is 1. The normalized spacial score (nSPS) is 17.4. The molecular formula is C32H33N7O. The molecule has 3 aromatic heterocycles. The first-order chi connectivity index (χ1) is 19.5. The van der Waals surface area contributed by atoms with Gasteiger partial charge in [0, 0.05) is 36.0 Å². The summed E-state index contributed by atoms with van der Waals surface area (Å²) in [6.07, 6.45) is 5.41. The van der Waals surface area contributed by atoms with Gasteiger partial charge in [-0.15, -0.1) is 0 Å². The Bertz CT molecular complexity index is 1640. The topological polar surface area (TPSA) is 116 Å². The van der Waals surface area contributed by atoms with Gasteiger partial charge >= 0.3 is 0 Å². The molecule has 0 radical (unpaired) electrons. The van der Waals surface area contributed by atoms with Crippen LogP contribution < -0.4 is 11.5 Å². The number of fused-ring (bicyclic) bond motifs is 1. The largest absolute Gasteiger partial charge is 0.383 e. The lowest BCUT2D eigenvalue weighted by molar-refractivity contribution is -0.123. The van der Waals surface area contributed by atoms with Gasteiger partial charge in [0.05, 0.1) is 11.3 Å². The quantitative estimate of drug-likeness (QED) is 0.298. The van der Waals surface area contributed by atoms with E-state index < -0.39 is 0 Å². The summed E-state index contributed by atoms with van der Waals surface area (Å²) < 4.78 is 2.06. The molecule has 0 aliphatic heterocycles. The van der Waals surface area contributed by atoms with Crippen LogP contribution in [0.1, 0.15) is 31.2 Å². The van der Waals surface area contributed by atoms with Crippen LogP contribution in [0.4, 0.5) is 5.82 Å². The van der Waals surface area contributed by atoms with Gasteiger partial charge in [-0.2, -0.15) is 0 Å². The summed E-state index contributed by atoms with van der Waals surface area (Å²) in [5.41, 5.74) is 18.2. The number of anilines is 1. The molecule has 5 aromatic rings. The van der Waals surface area contributed by atoms with Crippen LogP contribution in [0.3, 0.4) is 0 Å². The van der Waals surface area contributed by atoms with Crippen LogP contribution in [-0.4, -0.2) is 43.4 Å². The molecule has 1 aliphatic rings. The van der Waals surface area contributed by atoms with Crippen molar-refractivity contribution in [3.63, 3.8) is 0 Å². The molecule has 4 N–H and O–H groups in total. The molecule has 1 saturated carbocycles. The van der Waals surface area contributed by atoms with E-state index in [1.165, 1.54) is 5.56 Å². The molecule has 2 aromatic carbocycles. The second-order valence-electron chi connectivity index (χ2n) is 10.6. The van der Waals surface area contributed by atoms with Crippen LogP contribution in [0, 0.1) is 5.92 Å². The molecule has 0 bridgehead atoms. The molecule has 3 heterocycles. The number of benzene rings is 2. The number of imidazole rings is 1. The number of aromatic nitrogens is 4. The average Bonchev–Trinajstić information content (AvgIpc) is 3.37. The molecular weight excluding hydrogens is 498 g/mol. The number of nitrogens with zero attached hydrogens (tertiary/aromatic N) is 5. The summed E-state index contributed by atoms with van der Waals surface area (Å²) in [5, 5.41) is 0. The Balaban J connectivity index is 1.34. The number of rotatable bonds is 7. The van der Waals surface area contributed by atoms with Gasteiger partial charge in [0.25, 0.3) is 0 Å².